The van der Waals surface area contributed by atoms with E-state index in [0.717, 1.165) is 36.8 Å². The number of carbonyl (C=O) groups excluding carboxylic acids is 1. The molecule has 0 aliphatic rings. The number of rotatable bonds is 7. The Bertz CT molecular complexity index is 497. The van der Waals surface area contributed by atoms with E-state index < -0.39 is 5.97 Å². The first kappa shape index (κ1) is 16.0. The van der Waals surface area contributed by atoms with Gasteiger partial charge in [-0.05, 0) is 30.9 Å². The molecule has 0 aliphatic heterocycles. The van der Waals surface area contributed by atoms with Gasteiger partial charge >= 0.3 is 5.97 Å². The van der Waals surface area contributed by atoms with E-state index in [0.29, 0.717) is 0 Å². The van der Waals surface area contributed by atoms with E-state index in [4.69, 9.17) is 4.74 Å². The minimum Gasteiger partial charge on any atom is -0.462 e. The van der Waals surface area contributed by atoms with Crippen LogP contribution in [0.5, 0.6) is 0 Å². The molecule has 0 spiro atoms. The van der Waals surface area contributed by atoms with Crippen LogP contribution in [0.25, 0.3) is 5.57 Å². The molecule has 1 aromatic rings. The van der Waals surface area contributed by atoms with Crippen LogP contribution in [0.2, 0.25) is 0 Å². The number of ether oxygens (including phenoxy) is 1. The minimum atomic E-state index is -0.523. The zero-order chi connectivity index (χ0) is 14.8. The summed E-state index contributed by atoms with van der Waals surface area (Å²) < 4.78 is 4.98. The average molecular weight is 271 g/mol. The second kappa shape index (κ2) is 8.92. The fourth-order valence-corrected chi connectivity index (χ4v) is 2.04. The van der Waals surface area contributed by atoms with Crippen molar-refractivity contribution in [3.63, 3.8) is 0 Å². The third kappa shape index (κ3) is 4.55. The highest BCUT2D eigenvalue weighted by molar-refractivity contribution is 6.01. The number of allylic oxidation sites excluding steroid dienone is 1. The van der Waals surface area contributed by atoms with Crippen LogP contribution in [0.15, 0.2) is 35.9 Å². The Morgan fingerprint density at radius 2 is 1.90 bits per heavy atom. The lowest BCUT2D eigenvalue weighted by molar-refractivity contribution is -0.137. The van der Waals surface area contributed by atoms with E-state index in [1.807, 2.05) is 36.4 Å². The molecule has 0 unspecified atom stereocenters. The summed E-state index contributed by atoms with van der Waals surface area (Å²) in [6.45, 7) is 4.15. The van der Waals surface area contributed by atoms with Crippen molar-refractivity contribution < 1.29 is 9.53 Å². The number of unbranched alkanes of at least 4 members (excludes halogenated alkanes) is 2. The Labute approximate surface area is 120 Å². The van der Waals surface area contributed by atoms with Crippen LogP contribution in [-0.4, -0.2) is 12.6 Å². The van der Waals surface area contributed by atoms with Gasteiger partial charge in [-0.25, -0.2) is 4.79 Å². The van der Waals surface area contributed by atoms with Crippen LogP contribution in [0.1, 0.15) is 45.1 Å². The summed E-state index contributed by atoms with van der Waals surface area (Å²) in [6.07, 6.45) is 3.87. The predicted octanol–water partition coefficient (Wildman–Crippen LogP) is 4.11. The molecule has 0 N–H and O–H groups in total. The van der Waals surface area contributed by atoms with E-state index >= 15 is 0 Å². The highest BCUT2D eigenvalue weighted by atomic mass is 16.5. The summed E-state index contributed by atoms with van der Waals surface area (Å²) in [5, 5.41) is 9.30. The summed E-state index contributed by atoms with van der Waals surface area (Å²) in [5.41, 5.74) is 1.85. The lowest BCUT2D eigenvalue weighted by Gasteiger charge is -2.10. The summed E-state index contributed by atoms with van der Waals surface area (Å²) in [7, 11) is 0. The molecule has 0 saturated heterocycles. The fraction of sp³-hybridized carbons (Fsp3) is 0.412. The Morgan fingerprint density at radius 3 is 2.45 bits per heavy atom. The van der Waals surface area contributed by atoms with Gasteiger partial charge in [0.25, 0.3) is 0 Å². The molecule has 0 atom stereocenters. The van der Waals surface area contributed by atoms with E-state index in [9.17, 15) is 10.1 Å². The van der Waals surface area contributed by atoms with Gasteiger partial charge in [-0.3, -0.25) is 0 Å². The summed E-state index contributed by atoms with van der Waals surface area (Å²) >= 11 is 0. The molecule has 0 saturated carbocycles. The average Bonchev–Trinajstić information content (AvgIpc) is 2.48. The highest BCUT2D eigenvalue weighted by Gasteiger charge is 2.17. The highest BCUT2D eigenvalue weighted by Crippen LogP contribution is 2.25. The number of benzene rings is 1. The van der Waals surface area contributed by atoms with Gasteiger partial charge < -0.3 is 4.74 Å². The van der Waals surface area contributed by atoms with Gasteiger partial charge in [0.2, 0.25) is 0 Å². The van der Waals surface area contributed by atoms with Crippen molar-refractivity contribution in [3.05, 3.63) is 41.5 Å². The number of hydrogen-bond donors (Lipinski definition) is 0. The summed E-state index contributed by atoms with van der Waals surface area (Å²) in [5.74, 6) is -0.523. The molecule has 106 valence electrons. The van der Waals surface area contributed by atoms with Crippen LogP contribution < -0.4 is 0 Å². The lowest BCUT2D eigenvalue weighted by atomic mass is 9.95. The Kier molecular flexibility index (Phi) is 7.13. The van der Waals surface area contributed by atoms with Crippen molar-refractivity contribution >= 4 is 11.5 Å². The van der Waals surface area contributed by atoms with Crippen LogP contribution in [0, 0.1) is 11.3 Å². The molecule has 0 aromatic heterocycles. The number of carbonyl (C=O) groups is 1. The van der Waals surface area contributed by atoms with Gasteiger partial charge in [0.1, 0.15) is 11.6 Å². The Hall–Kier alpha value is -2.08. The normalized spacial score (nSPS) is 11.4. The standard InChI is InChI=1S/C17H21NO2/c1-3-5-7-12-15(14-10-8-6-9-11-14)16(13-18)17(19)20-4-2/h6,8-11H,3-5,7,12H2,1-2H3/b16-15-. The first-order valence-corrected chi connectivity index (χ1v) is 7.10. The third-order valence-electron chi connectivity index (χ3n) is 3.05. The van der Waals surface area contributed by atoms with Crippen molar-refractivity contribution in [3.8, 4) is 6.07 Å². The van der Waals surface area contributed by atoms with Gasteiger partial charge in [-0.2, -0.15) is 5.26 Å². The Balaban J connectivity index is 3.13. The number of nitrogens with zero attached hydrogens (tertiary/aromatic N) is 1. The lowest BCUT2D eigenvalue weighted by Crippen LogP contribution is -2.09. The zero-order valence-electron chi connectivity index (χ0n) is 12.2. The molecular formula is C17H21NO2. The molecule has 0 bridgehead atoms. The number of hydrogen-bond acceptors (Lipinski definition) is 3. The van der Waals surface area contributed by atoms with Crippen LogP contribution in [0.3, 0.4) is 0 Å². The van der Waals surface area contributed by atoms with Gasteiger partial charge in [-0.15, -0.1) is 0 Å². The maximum Gasteiger partial charge on any atom is 0.349 e. The van der Waals surface area contributed by atoms with Gasteiger partial charge in [0, 0.05) is 0 Å². The molecular weight excluding hydrogens is 250 g/mol. The summed E-state index contributed by atoms with van der Waals surface area (Å²) in [6, 6.07) is 11.6. The maximum absolute atomic E-state index is 11.9. The topological polar surface area (TPSA) is 50.1 Å². The Morgan fingerprint density at radius 1 is 1.20 bits per heavy atom. The molecule has 3 heteroatoms. The van der Waals surface area contributed by atoms with Crippen molar-refractivity contribution in [2.24, 2.45) is 0 Å². The fourth-order valence-electron chi connectivity index (χ4n) is 2.04. The van der Waals surface area contributed by atoms with Crippen molar-refractivity contribution in [1.82, 2.24) is 0 Å². The summed E-state index contributed by atoms with van der Waals surface area (Å²) in [4.78, 5) is 11.9. The molecule has 0 amide bonds. The molecule has 0 heterocycles. The molecule has 3 nitrogen and oxygen atoms in total. The smallest absolute Gasteiger partial charge is 0.349 e. The van der Waals surface area contributed by atoms with Gasteiger partial charge in [0.05, 0.1) is 6.61 Å². The van der Waals surface area contributed by atoms with Crippen LogP contribution in [0.4, 0.5) is 0 Å². The monoisotopic (exact) mass is 271 g/mol. The minimum absolute atomic E-state index is 0.133. The molecule has 0 fully saturated rings. The first-order valence-electron chi connectivity index (χ1n) is 7.10. The molecule has 1 aromatic carbocycles. The molecule has 20 heavy (non-hydrogen) atoms. The second-order valence-electron chi connectivity index (χ2n) is 4.51. The molecule has 1 rings (SSSR count). The zero-order valence-corrected chi connectivity index (χ0v) is 12.2. The van der Waals surface area contributed by atoms with Crippen molar-refractivity contribution in [2.45, 2.75) is 39.5 Å². The quantitative estimate of drug-likeness (QED) is 0.324. The van der Waals surface area contributed by atoms with Crippen LogP contribution >= 0.6 is 0 Å². The predicted molar refractivity (Wildman–Crippen MR) is 79.8 cm³/mol. The van der Waals surface area contributed by atoms with E-state index in [2.05, 4.69) is 6.92 Å². The van der Waals surface area contributed by atoms with Gasteiger partial charge in [0.15, 0.2) is 0 Å². The van der Waals surface area contributed by atoms with Crippen molar-refractivity contribution in [2.75, 3.05) is 6.61 Å². The molecule has 0 radical (unpaired) electrons. The van der Waals surface area contributed by atoms with E-state index in [-0.39, 0.29) is 12.2 Å². The van der Waals surface area contributed by atoms with Crippen molar-refractivity contribution in [1.29, 1.82) is 5.26 Å². The van der Waals surface area contributed by atoms with E-state index in [1.54, 1.807) is 6.92 Å². The third-order valence-corrected chi connectivity index (χ3v) is 3.05. The SMILES string of the molecule is CCCCC/C(=C(\C#N)C(=O)OCC)c1ccccc1. The first-order chi connectivity index (χ1) is 9.74. The number of esters is 1. The van der Waals surface area contributed by atoms with E-state index in [1.165, 1.54) is 0 Å². The van der Waals surface area contributed by atoms with Gasteiger partial charge in [-0.1, -0.05) is 50.1 Å². The largest absolute Gasteiger partial charge is 0.462 e. The van der Waals surface area contributed by atoms with Crippen LogP contribution in [-0.2, 0) is 9.53 Å². The molecule has 0 aliphatic carbocycles. The second-order valence-corrected chi connectivity index (χ2v) is 4.51. The maximum atomic E-state index is 11.9. The number of nitriles is 1.